The Morgan fingerprint density at radius 3 is 2.44 bits per heavy atom. The SMILES string of the molecule is CN1CCN(CC(NC(=O)CN(C)C2=NS(=O)(=O)c3ccccc32)c2ccccc2)CC1. The molecule has 2 aromatic rings. The van der Waals surface area contributed by atoms with Gasteiger partial charge in [0.1, 0.15) is 4.90 Å². The van der Waals surface area contributed by atoms with Crippen LogP contribution < -0.4 is 5.32 Å². The fourth-order valence-electron chi connectivity index (χ4n) is 4.10. The Morgan fingerprint density at radius 1 is 1.06 bits per heavy atom. The van der Waals surface area contributed by atoms with Crippen molar-refractivity contribution in [3.63, 3.8) is 0 Å². The summed E-state index contributed by atoms with van der Waals surface area (Å²) in [5, 5.41) is 3.15. The van der Waals surface area contributed by atoms with Gasteiger partial charge in [-0.3, -0.25) is 9.69 Å². The van der Waals surface area contributed by atoms with E-state index >= 15 is 0 Å². The van der Waals surface area contributed by atoms with Gasteiger partial charge in [-0.25, -0.2) is 0 Å². The molecule has 8 nitrogen and oxygen atoms in total. The third kappa shape index (κ3) is 5.01. The maximum atomic E-state index is 13.0. The van der Waals surface area contributed by atoms with Crippen molar-refractivity contribution < 1.29 is 13.2 Å². The summed E-state index contributed by atoms with van der Waals surface area (Å²) in [7, 11) is 0.0859. The number of amidine groups is 1. The molecule has 2 aromatic carbocycles. The molecule has 4 rings (SSSR count). The fourth-order valence-corrected chi connectivity index (χ4v) is 5.35. The van der Waals surface area contributed by atoms with Crippen molar-refractivity contribution in [2.24, 2.45) is 4.40 Å². The fraction of sp³-hybridized carbons (Fsp3) is 0.391. The minimum Gasteiger partial charge on any atom is -0.349 e. The summed E-state index contributed by atoms with van der Waals surface area (Å²) >= 11 is 0. The average Bonchev–Trinajstić information content (AvgIpc) is 3.07. The maximum absolute atomic E-state index is 13.0. The summed E-state index contributed by atoms with van der Waals surface area (Å²) in [6, 6.07) is 16.5. The second kappa shape index (κ2) is 9.40. The van der Waals surface area contributed by atoms with Crippen molar-refractivity contribution in [3.05, 3.63) is 65.7 Å². The maximum Gasteiger partial charge on any atom is 0.285 e. The van der Waals surface area contributed by atoms with E-state index in [4.69, 9.17) is 0 Å². The molecule has 2 heterocycles. The predicted molar refractivity (Wildman–Crippen MR) is 124 cm³/mol. The number of benzene rings is 2. The molecule has 0 radical (unpaired) electrons. The molecular formula is C23H29N5O3S. The number of nitrogens with zero attached hydrogens (tertiary/aromatic N) is 4. The Labute approximate surface area is 189 Å². The first-order valence-electron chi connectivity index (χ1n) is 10.7. The largest absolute Gasteiger partial charge is 0.349 e. The molecule has 1 fully saturated rings. The highest BCUT2D eigenvalue weighted by atomic mass is 32.2. The number of nitrogens with one attached hydrogen (secondary N) is 1. The highest BCUT2D eigenvalue weighted by Gasteiger charge is 2.31. The van der Waals surface area contributed by atoms with Gasteiger partial charge in [-0.15, -0.1) is 4.40 Å². The van der Waals surface area contributed by atoms with Crippen LogP contribution in [0.15, 0.2) is 63.9 Å². The van der Waals surface area contributed by atoms with E-state index in [2.05, 4.69) is 26.6 Å². The molecule has 0 aliphatic carbocycles. The molecule has 9 heteroatoms. The minimum absolute atomic E-state index is 0.00869. The van der Waals surface area contributed by atoms with Gasteiger partial charge in [-0.1, -0.05) is 42.5 Å². The van der Waals surface area contributed by atoms with Crippen LogP contribution in [0.1, 0.15) is 17.2 Å². The Morgan fingerprint density at radius 2 is 1.72 bits per heavy atom. The van der Waals surface area contributed by atoms with E-state index in [-0.39, 0.29) is 23.4 Å². The van der Waals surface area contributed by atoms with E-state index in [0.717, 1.165) is 38.3 Å². The lowest BCUT2D eigenvalue weighted by Gasteiger charge is -2.35. The van der Waals surface area contributed by atoms with Crippen molar-refractivity contribution in [2.75, 3.05) is 53.4 Å². The smallest absolute Gasteiger partial charge is 0.285 e. The summed E-state index contributed by atoms with van der Waals surface area (Å²) in [6.07, 6.45) is 0. The summed E-state index contributed by atoms with van der Waals surface area (Å²) < 4.78 is 28.6. The molecular weight excluding hydrogens is 426 g/mol. The predicted octanol–water partition coefficient (Wildman–Crippen LogP) is 1.17. The van der Waals surface area contributed by atoms with Crippen LogP contribution in [0.25, 0.3) is 0 Å². The van der Waals surface area contributed by atoms with E-state index < -0.39 is 10.0 Å². The van der Waals surface area contributed by atoms with Gasteiger partial charge in [0, 0.05) is 45.3 Å². The Balaban J connectivity index is 1.45. The number of sulfonamides is 1. The van der Waals surface area contributed by atoms with Crippen molar-refractivity contribution >= 4 is 21.8 Å². The number of piperazine rings is 1. The monoisotopic (exact) mass is 455 g/mol. The topological polar surface area (TPSA) is 85.3 Å². The number of hydrogen-bond acceptors (Lipinski definition) is 6. The molecule has 0 aromatic heterocycles. The van der Waals surface area contributed by atoms with Crippen molar-refractivity contribution in [1.29, 1.82) is 0 Å². The molecule has 1 saturated heterocycles. The number of hydrogen-bond donors (Lipinski definition) is 1. The lowest BCUT2D eigenvalue weighted by molar-refractivity contribution is -0.122. The van der Waals surface area contributed by atoms with Gasteiger partial charge in [-0.2, -0.15) is 8.42 Å². The summed E-state index contributed by atoms with van der Waals surface area (Å²) in [4.78, 5) is 19.4. The van der Waals surface area contributed by atoms with E-state index in [1.807, 2.05) is 30.3 Å². The number of likely N-dealkylation sites (N-methyl/N-ethyl adjacent to an activating group) is 2. The van der Waals surface area contributed by atoms with Crippen LogP contribution in [0.3, 0.4) is 0 Å². The Hall–Kier alpha value is -2.75. The molecule has 2 aliphatic heterocycles. The lowest BCUT2D eigenvalue weighted by atomic mass is 10.1. The summed E-state index contributed by atoms with van der Waals surface area (Å²) in [6.45, 7) is 4.67. The molecule has 1 unspecified atom stereocenters. The quantitative estimate of drug-likeness (QED) is 0.704. The molecule has 1 N–H and O–H groups in total. The molecule has 32 heavy (non-hydrogen) atoms. The standard InChI is InChI=1S/C23H29N5O3S/c1-26-12-14-28(15-13-26)16-20(18-8-4-3-5-9-18)24-22(29)17-27(2)23-19-10-6-7-11-21(19)32(30,31)25-23/h3-11,20H,12-17H2,1-2H3,(H,24,29). The molecule has 0 bridgehead atoms. The van der Waals surface area contributed by atoms with Crippen LogP contribution in [0.5, 0.6) is 0 Å². The van der Waals surface area contributed by atoms with Crippen LogP contribution >= 0.6 is 0 Å². The third-order valence-electron chi connectivity index (χ3n) is 5.93. The Bertz CT molecular complexity index is 1100. The molecule has 0 spiro atoms. The van der Waals surface area contributed by atoms with Gasteiger partial charge < -0.3 is 15.1 Å². The summed E-state index contributed by atoms with van der Waals surface area (Å²) in [5.74, 6) is 0.117. The van der Waals surface area contributed by atoms with Gasteiger partial charge in [0.05, 0.1) is 12.6 Å². The molecule has 1 amide bonds. The van der Waals surface area contributed by atoms with Crippen molar-refractivity contribution in [1.82, 2.24) is 20.0 Å². The molecule has 1 atom stereocenters. The summed E-state index contributed by atoms with van der Waals surface area (Å²) in [5.41, 5.74) is 1.58. The highest BCUT2D eigenvalue weighted by Crippen LogP contribution is 2.27. The van der Waals surface area contributed by atoms with Crippen LogP contribution in [-0.2, 0) is 14.8 Å². The zero-order chi connectivity index (χ0) is 22.7. The molecule has 2 aliphatic rings. The average molecular weight is 456 g/mol. The van der Waals surface area contributed by atoms with Gasteiger partial charge >= 0.3 is 0 Å². The minimum atomic E-state index is -3.72. The van der Waals surface area contributed by atoms with E-state index in [1.165, 1.54) is 6.07 Å². The van der Waals surface area contributed by atoms with Gasteiger partial charge in [0.2, 0.25) is 5.91 Å². The number of rotatable bonds is 6. The van der Waals surface area contributed by atoms with Gasteiger partial charge in [0.25, 0.3) is 10.0 Å². The number of fused-ring (bicyclic) bond motifs is 1. The first kappa shape index (κ1) is 22.4. The normalized spacial score (nSPS) is 19.1. The third-order valence-corrected chi connectivity index (χ3v) is 7.25. The second-order valence-electron chi connectivity index (χ2n) is 8.38. The van der Waals surface area contributed by atoms with E-state index in [9.17, 15) is 13.2 Å². The second-order valence-corrected chi connectivity index (χ2v) is 9.95. The van der Waals surface area contributed by atoms with Crippen LogP contribution in [-0.4, -0.2) is 88.2 Å². The first-order valence-corrected chi connectivity index (χ1v) is 12.2. The highest BCUT2D eigenvalue weighted by molar-refractivity contribution is 7.90. The number of carbonyl (C=O) groups is 1. The zero-order valence-corrected chi connectivity index (χ0v) is 19.3. The van der Waals surface area contributed by atoms with E-state index in [1.54, 1.807) is 30.1 Å². The first-order chi connectivity index (χ1) is 15.3. The van der Waals surface area contributed by atoms with E-state index in [0.29, 0.717) is 11.4 Å². The van der Waals surface area contributed by atoms with Crippen LogP contribution in [0.2, 0.25) is 0 Å². The van der Waals surface area contributed by atoms with Gasteiger partial charge in [0.15, 0.2) is 5.84 Å². The Kier molecular flexibility index (Phi) is 6.59. The van der Waals surface area contributed by atoms with Crippen molar-refractivity contribution in [3.8, 4) is 0 Å². The van der Waals surface area contributed by atoms with Gasteiger partial charge in [-0.05, 0) is 24.7 Å². The lowest BCUT2D eigenvalue weighted by Crippen LogP contribution is -2.48. The van der Waals surface area contributed by atoms with Crippen LogP contribution in [0.4, 0.5) is 0 Å². The number of carbonyl (C=O) groups excluding carboxylic acids is 1. The number of amides is 1. The van der Waals surface area contributed by atoms with Crippen molar-refractivity contribution in [2.45, 2.75) is 10.9 Å². The molecule has 170 valence electrons. The van der Waals surface area contributed by atoms with Crippen LogP contribution in [0, 0.1) is 0 Å². The zero-order valence-electron chi connectivity index (χ0n) is 18.4. The molecule has 0 saturated carbocycles.